The molecular formula is C22H23Cl2N3O2. The van der Waals surface area contributed by atoms with Gasteiger partial charge in [0.2, 0.25) is 5.91 Å². The Balaban J connectivity index is 1.48. The molecule has 2 saturated heterocycles. The first-order valence-electron chi connectivity index (χ1n) is 9.74. The van der Waals surface area contributed by atoms with E-state index in [1.807, 2.05) is 0 Å². The van der Waals surface area contributed by atoms with Crippen LogP contribution in [0.3, 0.4) is 0 Å². The fraction of sp³-hybridized carbons (Fsp3) is 0.364. The van der Waals surface area contributed by atoms with Gasteiger partial charge in [-0.3, -0.25) is 14.5 Å². The Morgan fingerprint density at radius 3 is 2.28 bits per heavy atom. The highest BCUT2D eigenvalue weighted by atomic mass is 35.5. The van der Waals surface area contributed by atoms with Gasteiger partial charge in [-0.1, -0.05) is 41.4 Å². The van der Waals surface area contributed by atoms with Crippen molar-refractivity contribution >= 4 is 46.4 Å². The smallest absolute Gasteiger partial charge is 0.251 e. The molecule has 7 heteroatoms. The summed E-state index contributed by atoms with van der Waals surface area (Å²) < 4.78 is 0. The predicted molar refractivity (Wildman–Crippen MR) is 117 cm³/mol. The second-order valence-corrected chi connectivity index (χ2v) is 8.39. The Labute approximate surface area is 180 Å². The highest BCUT2D eigenvalue weighted by molar-refractivity contribution is 6.44. The van der Waals surface area contributed by atoms with E-state index in [1.54, 1.807) is 18.2 Å². The molecule has 2 heterocycles. The summed E-state index contributed by atoms with van der Waals surface area (Å²) in [6.45, 7) is 7.36. The first kappa shape index (κ1) is 20.2. The Morgan fingerprint density at radius 2 is 1.55 bits per heavy atom. The van der Waals surface area contributed by atoms with Crippen LogP contribution in [0.2, 0.25) is 10.0 Å². The van der Waals surface area contributed by atoms with Crippen LogP contribution in [0.5, 0.6) is 0 Å². The summed E-state index contributed by atoms with van der Waals surface area (Å²) in [4.78, 5) is 31.4. The van der Waals surface area contributed by atoms with Crippen molar-refractivity contribution in [2.24, 2.45) is 0 Å². The quantitative estimate of drug-likeness (QED) is 0.687. The topological polar surface area (TPSA) is 43.9 Å². The molecule has 2 fully saturated rings. The van der Waals surface area contributed by atoms with Crippen LogP contribution in [0.25, 0.3) is 0 Å². The predicted octanol–water partition coefficient (Wildman–Crippen LogP) is 4.06. The van der Waals surface area contributed by atoms with Gasteiger partial charge in [0, 0.05) is 31.9 Å². The Hall–Kier alpha value is -2.08. The lowest BCUT2D eigenvalue weighted by molar-refractivity contribution is -0.123. The largest absolute Gasteiger partial charge is 0.369 e. The van der Waals surface area contributed by atoms with E-state index in [-0.39, 0.29) is 23.3 Å². The molecule has 29 heavy (non-hydrogen) atoms. The third kappa shape index (κ3) is 3.63. The van der Waals surface area contributed by atoms with Crippen molar-refractivity contribution in [2.45, 2.75) is 26.3 Å². The van der Waals surface area contributed by atoms with Crippen LogP contribution in [0, 0.1) is 13.8 Å². The van der Waals surface area contributed by atoms with E-state index in [2.05, 4.69) is 41.8 Å². The molecule has 0 saturated carbocycles. The van der Waals surface area contributed by atoms with Gasteiger partial charge >= 0.3 is 0 Å². The molecule has 0 aliphatic carbocycles. The first-order chi connectivity index (χ1) is 13.9. The lowest BCUT2D eigenvalue weighted by atomic mass is 10.1. The van der Waals surface area contributed by atoms with Gasteiger partial charge in [0.25, 0.3) is 5.91 Å². The van der Waals surface area contributed by atoms with E-state index in [9.17, 15) is 9.59 Å². The van der Waals surface area contributed by atoms with E-state index in [0.717, 1.165) is 26.2 Å². The summed E-state index contributed by atoms with van der Waals surface area (Å²) in [5.74, 6) is -0.458. The van der Waals surface area contributed by atoms with Gasteiger partial charge in [-0.2, -0.15) is 0 Å². The zero-order chi connectivity index (χ0) is 20.7. The fourth-order valence-corrected chi connectivity index (χ4v) is 4.55. The number of carbonyl (C=O) groups is 2. The molecular weight excluding hydrogens is 409 g/mol. The summed E-state index contributed by atoms with van der Waals surface area (Å²) in [7, 11) is 0. The number of halogens is 2. The molecule has 0 aromatic heterocycles. The molecule has 4 rings (SSSR count). The molecule has 0 bridgehead atoms. The number of anilines is 2. The molecule has 1 unspecified atom stereocenters. The molecule has 152 valence electrons. The van der Waals surface area contributed by atoms with Gasteiger partial charge in [0.1, 0.15) is 0 Å². The zero-order valence-electron chi connectivity index (χ0n) is 16.5. The second kappa shape index (κ2) is 7.98. The highest BCUT2D eigenvalue weighted by Gasteiger charge is 2.44. The maximum absolute atomic E-state index is 13.1. The number of hydrogen-bond acceptors (Lipinski definition) is 4. The number of aryl methyl sites for hydroxylation is 1. The van der Waals surface area contributed by atoms with Crippen molar-refractivity contribution in [1.82, 2.24) is 4.90 Å². The van der Waals surface area contributed by atoms with E-state index >= 15 is 0 Å². The number of amides is 2. The van der Waals surface area contributed by atoms with Crippen LogP contribution in [0.4, 0.5) is 11.4 Å². The molecule has 2 aliphatic heterocycles. The Morgan fingerprint density at radius 1 is 0.897 bits per heavy atom. The number of benzene rings is 2. The summed E-state index contributed by atoms with van der Waals surface area (Å²) in [5, 5.41) is 0.562. The third-order valence-corrected chi connectivity index (χ3v) is 6.78. The second-order valence-electron chi connectivity index (χ2n) is 7.60. The van der Waals surface area contributed by atoms with Crippen molar-refractivity contribution in [2.75, 3.05) is 36.0 Å². The van der Waals surface area contributed by atoms with Crippen molar-refractivity contribution in [3.8, 4) is 0 Å². The van der Waals surface area contributed by atoms with Crippen LogP contribution in [-0.4, -0.2) is 48.9 Å². The van der Waals surface area contributed by atoms with Crippen molar-refractivity contribution in [3.63, 3.8) is 0 Å². The Bertz CT molecular complexity index is 971. The highest BCUT2D eigenvalue weighted by Crippen LogP contribution is 2.36. The first-order valence-corrected chi connectivity index (χ1v) is 10.5. The van der Waals surface area contributed by atoms with E-state index in [4.69, 9.17) is 23.2 Å². The van der Waals surface area contributed by atoms with Crippen molar-refractivity contribution in [3.05, 3.63) is 57.6 Å². The third-order valence-electron chi connectivity index (χ3n) is 5.97. The van der Waals surface area contributed by atoms with E-state index < -0.39 is 6.04 Å². The maximum Gasteiger partial charge on any atom is 0.251 e. The van der Waals surface area contributed by atoms with E-state index in [1.165, 1.54) is 21.7 Å². The number of piperazine rings is 1. The van der Waals surface area contributed by atoms with Gasteiger partial charge in [0.05, 0.1) is 28.2 Å². The van der Waals surface area contributed by atoms with Crippen LogP contribution in [0.15, 0.2) is 36.4 Å². The number of rotatable bonds is 3. The minimum absolute atomic E-state index is 0.172. The minimum Gasteiger partial charge on any atom is -0.369 e. The number of hydrogen-bond donors (Lipinski definition) is 0. The number of carbonyl (C=O) groups excluding carboxylic acids is 2. The number of nitrogens with zero attached hydrogens (tertiary/aromatic N) is 3. The van der Waals surface area contributed by atoms with Gasteiger partial charge in [0.15, 0.2) is 0 Å². The maximum atomic E-state index is 13.1. The molecule has 0 N–H and O–H groups in total. The normalized spacial score (nSPS) is 20.6. The summed E-state index contributed by atoms with van der Waals surface area (Å²) in [5.41, 5.74) is 4.17. The molecule has 2 aliphatic rings. The molecule has 2 amide bonds. The van der Waals surface area contributed by atoms with Gasteiger partial charge in [-0.15, -0.1) is 0 Å². The molecule has 2 aromatic carbocycles. The van der Waals surface area contributed by atoms with Crippen molar-refractivity contribution in [1.29, 1.82) is 0 Å². The molecule has 0 radical (unpaired) electrons. The molecule has 5 nitrogen and oxygen atoms in total. The summed E-state index contributed by atoms with van der Waals surface area (Å²) in [6, 6.07) is 10.9. The van der Waals surface area contributed by atoms with Gasteiger partial charge < -0.3 is 4.90 Å². The zero-order valence-corrected chi connectivity index (χ0v) is 18.0. The molecule has 2 aromatic rings. The Kier molecular flexibility index (Phi) is 5.56. The lowest BCUT2D eigenvalue weighted by Gasteiger charge is -2.39. The van der Waals surface area contributed by atoms with Crippen LogP contribution in [-0.2, 0) is 9.59 Å². The average Bonchev–Trinajstić information content (AvgIpc) is 3.01. The van der Waals surface area contributed by atoms with Gasteiger partial charge in [-0.25, -0.2) is 4.90 Å². The minimum atomic E-state index is -0.446. The number of imide groups is 1. The molecule has 1 atom stereocenters. The lowest BCUT2D eigenvalue weighted by Crippen LogP contribution is -2.52. The van der Waals surface area contributed by atoms with E-state index in [0.29, 0.717) is 10.7 Å². The fourth-order valence-electron chi connectivity index (χ4n) is 4.17. The van der Waals surface area contributed by atoms with Crippen LogP contribution >= 0.6 is 23.2 Å². The summed E-state index contributed by atoms with van der Waals surface area (Å²) >= 11 is 12.3. The van der Waals surface area contributed by atoms with Crippen LogP contribution in [0.1, 0.15) is 17.5 Å². The van der Waals surface area contributed by atoms with Crippen molar-refractivity contribution < 1.29 is 9.59 Å². The summed E-state index contributed by atoms with van der Waals surface area (Å²) in [6.07, 6.45) is 0.172. The standard InChI is InChI=1S/C22H23Cl2N3O2/c1-14-5-3-7-17(15(14)2)25-9-11-26(12-10-25)19-13-20(28)27(22(19)29)18-8-4-6-16(23)21(18)24/h3-8,19H,9-13H2,1-2H3. The van der Waals surface area contributed by atoms with Gasteiger partial charge in [-0.05, 0) is 43.2 Å². The monoisotopic (exact) mass is 431 g/mol. The van der Waals surface area contributed by atoms with Crippen LogP contribution < -0.4 is 9.80 Å². The SMILES string of the molecule is Cc1cccc(N2CCN(C3CC(=O)N(c4cccc(Cl)c4Cl)C3=O)CC2)c1C. The molecule has 0 spiro atoms. The average molecular weight is 432 g/mol.